The van der Waals surface area contributed by atoms with Crippen LogP contribution in [0.2, 0.25) is 0 Å². The zero-order valence-electron chi connectivity index (χ0n) is 13.1. The Kier molecular flexibility index (Phi) is 4.74. The Bertz CT molecular complexity index is 729. The van der Waals surface area contributed by atoms with Gasteiger partial charge >= 0.3 is 5.69 Å². The summed E-state index contributed by atoms with van der Waals surface area (Å²) in [5, 5.41) is 13.9. The van der Waals surface area contributed by atoms with Gasteiger partial charge in [0.25, 0.3) is 5.91 Å². The Balaban J connectivity index is 1.62. The Morgan fingerprint density at radius 3 is 2.50 bits per heavy atom. The SMILES string of the molecule is O=C(COc1ccccc1[N+](=O)[O-])NC(c1ccccc1)C1CC1. The molecular formula is C18H18N2O4. The van der Waals surface area contributed by atoms with Crippen LogP contribution in [0.5, 0.6) is 5.75 Å². The second-order valence-corrected chi connectivity index (χ2v) is 5.81. The van der Waals surface area contributed by atoms with Gasteiger partial charge in [0.1, 0.15) is 0 Å². The number of nitrogens with one attached hydrogen (secondary N) is 1. The predicted octanol–water partition coefficient (Wildman–Crippen LogP) is 3.24. The molecule has 1 saturated carbocycles. The van der Waals surface area contributed by atoms with E-state index in [1.807, 2.05) is 30.3 Å². The monoisotopic (exact) mass is 326 g/mol. The Labute approximate surface area is 139 Å². The maximum atomic E-state index is 12.2. The van der Waals surface area contributed by atoms with Gasteiger partial charge < -0.3 is 10.1 Å². The lowest BCUT2D eigenvalue weighted by Crippen LogP contribution is -2.33. The molecule has 0 aliphatic heterocycles. The van der Waals surface area contributed by atoms with Crippen LogP contribution in [0.1, 0.15) is 24.4 Å². The van der Waals surface area contributed by atoms with Crippen molar-refractivity contribution in [2.45, 2.75) is 18.9 Å². The summed E-state index contributed by atoms with van der Waals surface area (Å²) < 4.78 is 5.34. The lowest BCUT2D eigenvalue weighted by Gasteiger charge is -2.19. The van der Waals surface area contributed by atoms with Crippen LogP contribution in [0.25, 0.3) is 0 Å². The van der Waals surface area contributed by atoms with Gasteiger partial charge in [-0.05, 0) is 30.4 Å². The van der Waals surface area contributed by atoms with Crippen molar-refractivity contribution in [2.24, 2.45) is 5.92 Å². The maximum Gasteiger partial charge on any atom is 0.310 e. The lowest BCUT2D eigenvalue weighted by molar-refractivity contribution is -0.385. The van der Waals surface area contributed by atoms with Crippen LogP contribution in [-0.4, -0.2) is 17.4 Å². The average Bonchev–Trinajstić information content (AvgIpc) is 3.43. The van der Waals surface area contributed by atoms with E-state index >= 15 is 0 Å². The standard InChI is InChI=1S/C18H18N2O4/c21-17(12-24-16-9-5-4-8-15(16)20(22)23)19-18(14-10-11-14)13-6-2-1-3-7-13/h1-9,14,18H,10-12H2,(H,19,21). The van der Waals surface area contributed by atoms with Crippen molar-refractivity contribution in [3.63, 3.8) is 0 Å². The molecule has 6 nitrogen and oxygen atoms in total. The number of carbonyl (C=O) groups is 1. The van der Waals surface area contributed by atoms with Gasteiger partial charge in [-0.1, -0.05) is 42.5 Å². The molecule has 3 rings (SSSR count). The molecule has 0 radical (unpaired) electrons. The largest absolute Gasteiger partial charge is 0.477 e. The summed E-state index contributed by atoms with van der Waals surface area (Å²) in [6.45, 7) is -0.249. The van der Waals surface area contributed by atoms with E-state index in [2.05, 4.69) is 5.32 Å². The van der Waals surface area contributed by atoms with Gasteiger partial charge in [-0.2, -0.15) is 0 Å². The first-order chi connectivity index (χ1) is 11.6. The molecule has 0 aromatic heterocycles. The summed E-state index contributed by atoms with van der Waals surface area (Å²) in [4.78, 5) is 22.6. The minimum Gasteiger partial charge on any atom is -0.477 e. The van der Waals surface area contributed by atoms with E-state index in [4.69, 9.17) is 4.74 Å². The summed E-state index contributed by atoms with van der Waals surface area (Å²) in [6, 6.07) is 15.8. The zero-order chi connectivity index (χ0) is 16.9. The average molecular weight is 326 g/mol. The number of ether oxygens (including phenoxy) is 1. The van der Waals surface area contributed by atoms with Crippen molar-refractivity contribution in [3.05, 3.63) is 70.3 Å². The van der Waals surface area contributed by atoms with Crippen LogP contribution in [0.3, 0.4) is 0 Å². The molecule has 2 aromatic carbocycles. The van der Waals surface area contributed by atoms with E-state index in [1.54, 1.807) is 12.1 Å². The molecule has 0 spiro atoms. The number of para-hydroxylation sites is 2. The fourth-order valence-electron chi connectivity index (χ4n) is 2.65. The smallest absolute Gasteiger partial charge is 0.310 e. The minimum absolute atomic E-state index is 0.0342. The molecule has 6 heteroatoms. The van der Waals surface area contributed by atoms with Crippen LogP contribution < -0.4 is 10.1 Å². The van der Waals surface area contributed by atoms with Gasteiger partial charge in [0.2, 0.25) is 0 Å². The van der Waals surface area contributed by atoms with Crippen molar-refractivity contribution in [2.75, 3.05) is 6.61 Å². The Hall–Kier alpha value is -2.89. The highest BCUT2D eigenvalue weighted by Gasteiger charge is 2.33. The third-order valence-corrected chi connectivity index (χ3v) is 3.99. The third kappa shape index (κ3) is 3.90. The fourth-order valence-corrected chi connectivity index (χ4v) is 2.65. The van der Waals surface area contributed by atoms with Gasteiger partial charge in [-0.25, -0.2) is 0 Å². The quantitative estimate of drug-likeness (QED) is 0.625. The summed E-state index contributed by atoms with van der Waals surface area (Å²) >= 11 is 0. The highest BCUT2D eigenvalue weighted by atomic mass is 16.6. The van der Waals surface area contributed by atoms with Crippen molar-refractivity contribution < 1.29 is 14.5 Å². The summed E-state index contributed by atoms with van der Waals surface area (Å²) in [5.41, 5.74) is 0.922. The van der Waals surface area contributed by atoms with Gasteiger partial charge in [-0.3, -0.25) is 14.9 Å². The number of nitro benzene ring substituents is 1. The first-order valence-electron chi connectivity index (χ1n) is 7.85. The number of benzene rings is 2. The number of amides is 1. The molecule has 2 aromatic rings. The summed E-state index contributed by atoms with van der Waals surface area (Å²) in [5.74, 6) is 0.261. The maximum absolute atomic E-state index is 12.2. The number of nitro groups is 1. The third-order valence-electron chi connectivity index (χ3n) is 3.99. The molecule has 1 aliphatic rings. The molecule has 24 heavy (non-hydrogen) atoms. The molecule has 0 bridgehead atoms. The van der Waals surface area contributed by atoms with E-state index in [0.717, 1.165) is 18.4 Å². The number of hydrogen-bond acceptors (Lipinski definition) is 4. The van der Waals surface area contributed by atoms with Crippen LogP contribution in [0.15, 0.2) is 54.6 Å². The number of rotatable bonds is 7. The van der Waals surface area contributed by atoms with Crippen molar-refractivity contribution >= 4 is 11.6 Å². The predicted molar refractivity (Wildman–Crippen MR) is 88.6 cm³/mol. The number of nitrogens with zero attached hydrogens (tertiary/aromatic N) is 1. The second-order valence-electron chi connectivity index (χ2n) is 5.81. The van der Waals surface area contributed by atoms with Crippen molar-refractivity contribution in [1.29, 1.82) is 0 Å². The Morgan fingerprint density at radius 2 is 1.83 bits per heavy atom. The van der Waals surface area contributed by atoms with Gasteiger partial charge in [-0.15, -0.1) is 0 Å². The zero-order valence-corrected chi connectivity index (χ0v) is 13.1. The second kappa shape index (κ2) is 7.12. The molecule has 124 valence electrons. The van der Waals surface area contributed by atoms with E-state index < -0.39 is 4.92 Å². The summed E-state index contributed by atoms with van der Waals surface area (Å²) in [6.07, 6.45) is 2.18. The van der Waals surface area contributed by atoms with Crippen LogP contribution in [-0.2, 0) is 4.79 Å². The van der Waals surface area contributed by atoms with Crippen molar-refractivity contribution in [3.8, 4) is 5.75 Å². The van der Waals surface area contributed by atoms with Gasteiger partial charge in [0.05, 0.1) is 11.0 Å². The highest BCUT2D eigenvalue weighted by molar-refractivity contribution is 5.78. The molecule has 1 amide bonds. The van der Waals surface area contributed by atoms with E-state index in [1.165, 1.54) is 12.1 Å². The van der Waals surface area contributed by atoms with Gasteiger partial charge in [0, 0.05) is 6.07 Å². The fraction of sp³-hybridized carbons (Fsp3) is 0.278. The van der Waals surface area contributed by atoms with Crippen LogP contribution >= 0.6 is 0 Å². The highest BCUT2D eigenvalue weighted by Crippen LogP contribution is 2.40. The molecule has 1 fully saturated rings. The van der Waals surface area contributed by atoms with Gasteiger partial charge in [0.15, 0.2) is 12.4 Å². The molecular weight excluding hydrogens is 308 g/mol. The lowest BCUT2D eigenvalue weighted by atomic mass is 10.0. The molecule has 1 unspecified atom stereocenters. The number of carbonyl (C=O) groups excluding carboxylic acids is 1. The van der Waals surface area contributed by atoms with E-state index in [0.29, 0.717) is 5.92 Å². The first-order valence-corrected chi connectivity index (χ1v) is 7.85. The molecule has 0 heterocycles. The Morgan fingerprint density at radius 1 is 1.17 bits per heavy atom. The van der Waals surface area contributed by atoms with E-state index in [9.17, 15) is 14.9 Å². The number of hydrogen-bond donors (Lipinski definition) is 1. The molecule has 0 saturated heterocycles. The van der Waals surface area contributed by atoms with Crippen molar-refractivity contribution in [1.82, 2.24) is 5.32 Å². The van der Waals surface area contributed by atoms with E-state index in [-0.39, 0.29) is 30.0 Å². The first kappa shape index (κ1) is 16.0. The molecule has 1 atom stereocenters. The molecule has 1 aliphatic carbocycles. The normalized spacial score (nSPS) is 14.7. The van der Waals surface area contributed by atoms with Crippen LogP contribution in [0.4, 0.5) is 5.69 Å². The summed E-state index contributed by atoms with van der Waals surface area (Å²) in [7, 11) is 0. The molecule has 1 N–H and O–H groups in total. The van der Waals surface area contributed by atoms with Crippen LogP contribution in [0, 0.1) is 16.0 Å². The topological polar surface area (TPSA) is 81.5 Å². The minimum atomic E-state index is -0.524.